The number of rotatable bonds is 2. The lowest BCUT2D eigenvalue weighted by Gasteiger charge is -2.36. The van der Waals surface area contributed by atoms with Crippen LogP contribution in [0, 0.1) is 6.92 Å². The van der Waals surface area contributed by atoms with Crippen LogP contribution < -0.4 is 10.6 Å². The summed E-state index contributed by atoms with van der Waals surface area (Å²) in [6.07, 6.45) is 6.97. The Bertz CT molecular complexity index is 362. The summed E-state index contributed by atoms with van der Waals surface area (Å²) < 4.78 is 0. The molecular formula is C13H21N3. The topological polar surface area (TPSA) is 42.1 Å². The van der Waals surface area contributed by atoms with E-state index in [2.05, 4.69) is 16.8 Å². The van der Waals surface area contributed by atoms with E-state index >= 15 is 0 Å². The molecule has 2 N–H and O–H groups in total. The summed E-state index contributed by atoms with van der Waals surface area (Å²) >= 11 is 0. The molecule has 0 radical (unpaired) electrons. The second kappa shape index (κ2) is 4.73. The van der Waals surface area contributed by atoms with Crippen molar-refractivity contribution in [2.24, 2.45) is 0 Å². The van der Waals surface area contributed by atoms with E-state index in [1.165, 1.54) is 25.7 Å². The summed E-state index contributed by atoms with van der Waals surface area (Å²) in [5, 5.41) is 0. The van der Waals surface area contributed by atoms with Gasteiger partial charge in [-0.05, 0) is 38.2 Å². The van der Waals surface area contributed by atoms with Crippen molar-refractivity contribution in [2.75, 3.05) is 17.2 Å². The molecule has 1 aromatic heterocycles. The number of nitrogens with two attached hydrogens (primary N) is 1. The molecule has 0 amide bonds. The number of aromatic nitrogens is 1. The van der Waals surface area contributed by atoms with E-state index in [0.29, 0.717) is 6.04 Å². The average molecular weight is 219 g/mol. The van der Waals surface area contributed by atoms with Crippen LogP contribution in [0.5, 0.6) is 0 Å². The van der Waals surface area contributed by atoms with Gasteiger partial charge in [0.25, 0.3) is 0 Å². The summed E-state index contributed by atoms with van der Waals surface area (Å²) in [5.41, 5.74) is 7.86. The summed E-state index contributed by atoms with van der Waals surface area (Å²) in [6, 6.07) is 2.66. The van der Waals surface area contributed by atoms with Crippen LogP contribution in [0.25, 0.3) is 0 Å². The Balaban J connectivity index is 2.23. The Labute approximate surface area is 97.7 Å². The van der Waals surface area contributed by atoms with Crippen molar-refractivity contribution >= 4 is 11.5 Å². The largest absolute Gasteiger partial charge is 0.398 e. The highest BCUT2D eigenvalue weighted by atomic mass is 15.2. The van der Waals surface area contributed by atoms with Crippen molar-refractivity contribution in [1.82, 2.24) is 4.98 Å². The van der Waals surface area contributed by atoms with Gasteiger partial charge in [0.2, 0.25) is 0 Å². The molecule has 0 spiro atoms. The number of nitrogens with zero attached hydrogens (tertiary/aromatic N) is 2. The molecule has 0 aliphatic carbocycles. The lowest BCUT2D eigenvalue weighted by Crippen LogP contribution is -2.39. The smallest absolute Gasteiger partial charge is 0.130 e. The zero-order valence-electron chi connectivity index (χ0n) is 10.2. The highest BCUT2D eigenvalue weighted by Crippen LogP contribution is 2.26. The van der Waals surface area contributed by atoms with Gasteiger partial charge in [-0.3, -0.25) is 0 Å². The van der Waals surface area contributed by atoms with E-state index in [0.717, 1.165) is 23.6 Å². The summed E-state index contributed by atoms with van der Waals surface area (Å²) in [5.74, 6) is 1.05. The van der Waals surface area contributed by atoms with Gasteiger partial charge in [0.15, 0.2) is 0 Å². The van der Waals surface area contributed by atoms with Gasteiger partial charge in [0.1, 0.15) is 5.82 Å². The average Bonchev–Trinajstić information content (AvgIpc) is 2.32. The van der Waals surface area contributed by atoms with Gasteiger partial charge in [0, 0.05) is 30.5 Å². The molecule has 1 unspecified atom stereocenters. The van der Waals surface area contributed by atoms with Gasteiger partial charge < -0.3 is 10.6 Å². The molecule has 0 saturated carbocycles. The van der Waals surface area contributed by atoms with Crippen molar-refractivity contribution in [2.45, 2.75) is 45.6 Å². The van der Waals surface area contributed by atoms with E-state index in [1.54, 1.807) is 0 Å². The Morgan fingerprint density at radius 2 is 2.31 bits per heavy atom. The minimum atomic E-state index is 0.642. The summed E-state index contributed by atoms with van der Waals surface area (Å²) in [4.78, 5) is 6.92. The third-order valence-corrected chi connectivity index (χ3v) is 3.52. The molecule has 88 valence electrons. The van der Waals surface area contributed by atoms with E-state index in [9.17, 15) is 0 Å². The standard InChI is InChI=1S/C13H21N3/c1-3-11-6-4-5-7-16(11)13-8-12(14)10(2)9-15-13/h8-9,11H,3-7H2,1-2H3,(H2,14,15). The number of pyridine rings is 1. The van der Waals surface area contributed by atoms with Crippen molar-refractivity contribution in [1.29, 1.82) is 0 Å². The molecule has 1 saturated heterocycles. The maximum absolute atomic E-state index is 5.95. The molecule has 1 fully saturated rings. The van der Waals surface area contributed by atoms with E-state index in [4.69, 9.17) is 5.73 Å². The normalized spacial score (nSPS) is 21.1. The van der Waals surface area contributed by atoms with Crippen LogP contribution in [0.15, 0.2) is 12.3 Å². The predicted octanol–water partition coefficient (Wildman–Crippen LogP) is 2.74. The third-order valence-electron chi connectivity index (χ3n) is 3.52. The molecule has 1 aromatic rings. The summed E-state index contributed by atoms with van der Waals surface area (Å²) in [7, 11) is 0. The molecule has 1 atom stereocenters. The fourth-order valence-electron chi connectivity index (χ4n) is 2.41. The van der Waals surface area contributed by atoms with Crippen LogP contribution >= 0.6 is 0 Å². The highest BCUT2D eigenvalue weighted by Gasteiger charge is 2.22. The van der Waals surface area contributed by atoms with Crippen LogP contribution in [-0.2, 0) is 0 Å². The molecule has 1 aliphatic rings. The second-order valence-electron chi connectivity index (χ2n) is 4.65. The molecule has 1 aliphatic heterocycles. The number of hydrogen-bond donors (Lipinski definition) is 1. The van der Waals surface area contributed by atoms with Crippen molar-refractivity contribution in [3.05, 3.63) is 17.8 Å². The first kappa shape index (κ1) is 11.2. The number of nitrogen functional groups attached to an aromatic ring is 1. The molecule has 2 rings (SSSR count). The molecule has 3 heteroatoms. The van der Waals surface area contributed by atoms with Crippen molar-refractivity contribution in [3.8, 4) is 0 Å². The molecule has 3 nitrogen and oxygen atoms in total. The zero-order chi connectivity index (χ0) is 11.5. The minimum absolute atomic E-state index is 0.642. The van der Waals surface area contributed by atoms with E-state index in [1.807, 2.05) is 19.2 Å². The first-order valence-electron chi connectivity index (χ1n) is 6.21. The maximum Gasteiger partial charge on any atom is 0.130 e. The number of aryl methyl sites for hydroxylation is 1. The van der Waals surface area contributed by atoms with Gasteiger partial charge in [-0.15, -0.1) is 0 Å². The highest BCUT2D eigenvalue weighted by molar-refractivity contribution is 5.55. The first-order chi connectivity index (χ1) is 7.72. The number of hydrogen-bond acceptors (Lipinski definition) is 3. The Kier molecular flexibility index (Phi) is 3.32. The lowest BCUT2D eigenvalue weighted by atomic mass is 10.00. The quantitative estimate of drug-likeness (QED) is 0.831. The molecular weight excluding hydrogens is 198 g/mol. The monoisotopic (exact) mass is 219 g/mol. The van der Waals surface area contributed by atoms with Gasteiger partial charge in [0.05, 0.1) is 0 Å². The number of anilines is 2. The fraction of sp³-hybridized carbons (Fsp3) is 0.615. The molecule has 2 heterocycles. The van der Waals surface area contributed by atoms with E-state index in [-0.39, 0.29) is 0 Å². The van der Waals surface area contributed by atoms with Crippen LogP contribution in [0.3, 0.4) is 0 Å². The Morgan fingerprint density at radius 3 is 3.00 bits per heavy atom. The molecule has 0 aromatic carbocycles. The lowest BCUT2D eigenvalue weighted by molar-refractivity contribution is 0.447. The van der Waals surface area contributed by atoms with Gasteiger partial charge >= 0.3 is 0 Å². The predicted molar refractivity (Wildman–Crippen MR) is 68.7 cm³/mol. The SMILES string of the molecule is CCC1CCCCN1c1cc(N)c(C)cn1. The minimum Gasteiger partial charge on any atom is -0.398 e. The molecule has 16 heavy (non-hydrogen) atoms. The first-order valence-corrected chi connectivity index (χ1v) is 6.21. The van der Waals surface area contributed by atoms with Crippen LogP contribution in [0.4, 0.5) is 11.5 Å². The summed E-state index contributed by atoms with van der Waals surface area (Å²) in [6.45, 7) is 5.37. The fourth-order valence-corrected chi connectivity index (χ4v) is 2.41. The van der Waals surface area contributed by atoms with Crippen molar-refractivity contribution in [3.63, 3.8) is 0 Å². The third kappa shape index (κ3) is 2.13. The van der Waals surface area contributed by atoms with Gasteiger partial charge in [-0.1, -0.05) is 6.92 Å². The van der Waals surface area contributed by atoms with Crippen molar-refractivity contribution < 1.29 is 0 Å². The number of piperidine rings is 1. The Hall–Kier alpha value is -1.25. The maximum atomic E-state index is 5.95. The van der Waals surface area contributed by atoms with Gasteiger partial charge in [-0.2, -0.15) is 0 Å². The van der Waals surface area contributed by atoms with Crippen LogP contribution in [0.2, 0.25) is 0 Å². The van der Waals surface area contributed by atoms with E-state index < -0.39 is 0 Å². The van der Waals surface area contributed by atoms with Crippen LogP contribution in [0.1, 0.15) is 38.2 Å². The van der Waals surface area contributed by atoms with Crippen LogP contribution in [-0.4, -0.2) is 17.6 Å². The Morgan fingerprint density at radius 1 is 1.50 bits per heavy atom. The molecule has 0 bridgehead atoms. The zero-order valence-corrected chi connectivity index (χ0v) is 10.2. The second-order valence-corrected chi connectivity index (χ2v) is 4.65. The van der Waals surface area contributed by atoms with Gasteiger partial charge in [-0.25, -0.2) is 4.98 Å².